The number of aliphatic hydroxyl groups is 2. The molecule has 1 aliphatic rings. The van der Waals surface area contributed by atoms with E-state index in [0.29, 0.717) is 5.69 Å². The quantitative estimate of drug-likeness (QED) is 0.702. The van der Waals surface area contributed by atoms with Crippen molar-refractivity contribution in [3.8, 4) is 11.1 Å². The summed E-state index contributed by atoms with van der Waals surface area (Å²) in [5, 5.41) is 20.0. The lowest BCUT2D eigenvalue weighted by molar-refractivity contribution is 0.0131. The third-order valence-corrected chi connectivity index (χ3v) is 2.99. The summed E-state index contributed by atoms with van der Waals surface area (Å²) < 4.78 is 0. The number of hydrogen-bond donors (Lipinski definition) is 2. The van der Waals surface area contributed by atoms with Crippen molar-refractivity contribution >= 4 is 0 Å². The van der Waals surface area contributed by atoms with Gasteiger partial charge in [-0.2, -0.15) is 0 Å². The Kier molecular flexibility index (Phi) is 2.02. The molecule has 0 saturated heterocycles. The molecule has 1 aromatic heterocycles. The summed E-state index contributed by atoms with van der Waals surface area (Å²) >= 11 is 0. The van der Waals surface area contributed by atoms with Crippen LogP contribution in [0.5, 0.6) is 0 Å². The number of nitrogens with zero attached hydrogens (tertiary/aromatic N) is 1. The second-order valence-electron chi connectivity index (χ2n) is 3.91. The second-order valence-corrected chi connectivity index (χ2v) is 3.91. The Labute approximate surface area is 93.0 Å². The first-order chi connectivity index (χ1) is 7.79. The van der Waals surface area contributed by atoms with Crippen molar-refractivity contribution in [2.45, 2.75) is 12.2 Å². The van der Waals surface area contributed by atoms with Crippen molar-refractivity contribution < 1.29 is 10.2 Å². The number of hydrogen-bond acceptors (Lipinski definition) is 3. The minimum absolute atomic E-state index is 0.550. The molecule has 1 aliphatic carbocycles. The van der Waals surface area contributed by atoms with Gasteiger partial charge in [-0.25, -0.2) is 0 Å². The molecule has 0 aliphatic heterocycles. The zero-order valence-corrected chi connectivity index (χ0v) is 8.54. The molecule has 1 heterocycles. The summed E-state index contributed by atoms with van der Waals surface area (Å²) in [7, 11) is 0. The van der Waals surface area contributed by atoms with Crippen LogP contribution in [0.15, 0.2) is 42.6 Å². The molecule has 3 nitrogen and oxygen atoms in total. The molecular weight excluding hydrogens is 202 g/mol. The normalized spacial score (nSPS) is 22.4. The molecule has 3 rings (SSSR count). The summed E-state index contributed by atoms with van der Waals surface area (Å²) in [4.78, 5) is 4.14. The maximum atomic E-state index is 9.99. The van der Waals surface area contributed by atoms with Crippen molar-refractivity contribution in [1.82, 2.24) is 4.98 Å². The van der Waals surface area contributed by atoms with Crippen LogP contribution in [-0.2, 0) is 0 Å². The van der Waals surface area contributed by atoms with E-state index in [2.05, 4.69) is 4.98 Å². The van der Waals surface area contributed by atoms with E-state index in [0.717, 1.165) is 16.7 Å². The number of pyridine rings is 1. The highest BCUT2D eigenvalue weighted by Crippen LogP contribution is 2.42. The van der Waals surface area contributed by atoms with Crippen LogP contribution >= 0.6 is 0 Å². The van der Waals surface area contributed by atoms with Crippen molar-refractivity contribution in [2.24, 2.45) is 0 Å². The molecule has 0 bridgehead atoms. The van der Waals surface area contributed by atoms with Gasteiger partial charge in [0.25, 0.3) is 0 Å². The van der Waals surface area contributed by atoms with Crippen LogP contribution in [0, 0.1) is 0 Å². The van der Waals surface area contributed by atoms with Crippen LogP contribution < -0.4 is 0 Å². The lowest BCUT2D eigenvalue weighted by Gasteiger charge is -2.27. The van der Waals surface area contributed by atoms with E-state index in [4.69, 9.17) is 0 Å². The molecule has 0 spiro atoms. The number of benzene rings is 1. The van der Waals surface area contributed by atoms with Gasteiger partial charge >= 0.3 is 0 Å². The number of fused-ring (bicyclic) bond motifs is 3. The van der Waals surface area contributed by atoms with E-state index in [1.807, 2.05) is 36.4 Å². The van der Waals surface area contributed by atoms with Crippen LogP contribution in [0.2, 0.25) is 0 Å². The molecule has 0 amide bonds. The Balaban J connectivity index is 2.33. The molecule has 0 saturated carbocycles. The Morgan fingerprint density at radius 2 is 1.62 bits per heavy atom. The fourth-order valence-corrected chi connectivity index (χ4v) is 2.20. The smallest absolute Gasteiger partial charge is 0.127 e. The monoisotopic (exact) mass is 213 g/mol. The van der Waals surface area contributed by atoms with Gasteiger partial charge in [-0.1, -0.05) is 30.3 Å². The van der Waals surface area contributed by atoms with E-state index in [1.165, 1.54) is 0 Å². The lowest BCUT2D eigenvalue weighted by atomic mass is 9.85. The second kappa shape index (κ2) is 3.40. The molecule has 1 aromatic carbocycles. The highest BCUT2D eigenvalue weighted by molar-refractivity contribution is 5.72. The predicted molar refractivity (Wildman–Crippen MR) is 59.6 cm³/mol. The largest absolute Gasteiger partial charge is 0.385 e. The highest BCUT2D eigenvalue weighted by Gasteiger charge is 2.31. The maximum Gasteiger partial charge on any atom is 0.127 e. The first-order valence-corrected chi connectivity index (χ1v) is 5.19. The average Bonchev–Trinajstić information content (AvgIpc) is 2.36. The maximum absolute atomic E-state index is 9.99. The third-order valence-electron chi connectivity index (χ3n) is 2.99. The summed E-state index contributed by atoms with van der Waals surface area (Å²) in [6.45, 7) is 0. The van der Waals surface area contributed by atoms with Gasteiger partial charge in [0.1, 0.15) is 12.2 Å². The fraction of sp³-hybridized carbons (Fsp3) is 0.154. The Morgan fingerprint density at radius 3 is 2.50 bits per heavy atom. The van der Waals surface area contributed by atoms with Gasteiger partial charge in [-0.3, -0.25) is 4.98 Å². The fourth-order valence-electron chi connectivity index (χ4n) is 2.20. The molecule has 3 heteroatoms. The van der Waals surface area contributed by atoms with Gasteiger partial charge in [-0.15, -0.1) is 0 Å². The number of aromatic nitrogens is 1. The van der Waals surface area contributed by atoms with Crippen LogP contribution in [0.25, 0.3) is 11.1 Å². The topological polar surface area (TPSA) is 53.4 Å². The average molecular weight is 213 g/mol. The third kappa shape index (κ3) is 1.19. The van der Waals surface area contributed by atoms with E-state index >= 15 is 0 Å². The first-order valence-electron chi connectivity index (χ1n) is 5.19. The molecular formula is C13H11NO2. The van der Waals surface area contributed by atoms with Gasteiger partial charge in [-0.05, 0) is 17.2 Å². The van der Waals surface area contributed by atoms with Crippen LogP contribution in [0.4, 0.5) is 0 Å². The van der Waals surface area contributed by atoms with E-state index in [9.17, 15) is 10.2 Å². The molecule has 2 atom stereocenters. The Bertz CT molecular complexity index is 489. The zero-order valence-electron chi connectivity index (χ0n) is 8.54. The van der Waals surface area contributed by atoms with Crippen LogP contribution in [0.3, 0.4) is 0 Å². The minimum Gasteiger partial charge on any atom is -0.385 e. The van der Waals surface area contributed by atoms with E-state index in [1.54, 1.807) is 6.20 Å². The molecule has 2 aromatic rings. The Hall–Kier alpha value is -1.71. The van der Waals surface area contributed by atoms with Crippen LogP contribution in [-0.4, -0.2) is 15.2 Å². The minimum atomic E-state index is -0.939. The summed E-state index contributed by atoms with van der Waals surface area (Å²) in [6.07, 6.45) is -0.201. The predicted octanol–water partition coefficient (Wildman–Crippen LogP) is 1.83. The Morgan fingerprint density at radius 1 is 0.875 bits per heavy atom. The van der Waals surface area contributed by atoms with Crippen molar-refractivity contribution in [3.63, 3.8) is 0 Å². The van der Waals surface area contributed by atoms with E-state index < -0.39 is 12.2 Å². The van der Waals surface area contributed by atoms with Gasteiger partial charge in [0.2, 0.25) is 0 Å². The molecule has 80 valence electrons. The summed E-state index contributed by atoms with van der Waals surface area (Å²) in [5.41, 5.74) is 3.16. The highest BCUT2D eigenvalue weighted by atomic mass is 16.3. The zero-order chi connectivity index (χ0) is 11.1. The summed E-state index contributed by atoms with van der Waals surface area (Å²) in [5.74, 6) is 0. The molecule has 0 radical (unpaired) electrons. The molecule has 16 heavy (non-hydrogen) atoms. The molecule has 2 unspecified atom stereocenters. The van der Waals surface area contributed by atoms with Crippen LogP contribution in [0.1, 0.15) is 23.5 Å². The van der Waals surface area contributed by atoms with Gasteiger partial charge in [0.05, 0.1) is 5.69 Å². The SMILES string of the molecule is OC1c2ccccc2-c2cccnc2C1O. The van der Waals surface area contributed by atoms with Crippen molar-refractivity contribution in [2.75, 3.05) is 0 Å². The van der Waals surface area contributed by atoms with Gasteiger partial charge in [0, 0.05) is 11.8 Å². The number of aliphatic hydroxyl groups excluding tert-OH is 2. The molecule has 0 fully saturated rings. The molecule has 2 N–H and O–H groups in total. The van der Waals surface area contributed by atoms with Gasteiger partial charge in [0.15, 0.2) is 0 Å². The lowest BCUT2D eigenvalue weighted by Crippen LogP contribution is -2.18. The number of rotatable bonds is 0. The van der Waals surface area contributed by atoms with Gasteiger partial charge < -0.3 is 10.2 Å². The van der Waals surface area contributed by atoms with Crippen molar-refractivity contribution in [3.05, 3.63) is 53.9 Å². The summed E-state index contributed by atoms with van der Waals surface area (Å²) in [6, 6.07) is 11.3. The van der Waals surface area contributed by atoms with E-state index in [-0.39, 0.29) is 0 Å². The first kappa shape index (κ1) is 9.51. The standard InChI is InChI=1S/C13H11NO2/c15-12-10-5-2-1-4-8(10)9-6-3-7-14-11(9)13(12)16/h1-7,12-13,15-16H. The van der Waals surface area contributed by atoms with Crippen molar-refractivity contribution in [1.29, 1.82) is 0 Å².